The van der Waals surface area contributed by atoms with Crippen LogP contribution in [0.25, 0.3) is 0 Å². The normalized spacial score (nSPS) is 11.6. The number of carbonyl (C=O) groups excluding carboxylic acids is 1. The molecule has 0 unspecified atom stereocenters. The molecule has 2 aromatic carbocycles. The number of sulfonamides is 1. The van der Waals surface area contributed by atoms with E-state index in [0.717, 1.165) is 4.47 Å². The summed E-state index contributed by atoms with van der Waals surface area (Å²) in [6.07, 6.45) is 0. The molecule has 0 heterocycles. The molecule has 0 fully saturated rings. The van der Waals surface area contributed by atoms with Gasteiger partial charge in [0.15, 0.2) is 0 Å². The number of carbonyl (C=O) groups is 1. The minimum absolute atomic E-state index is 0.181. The monoisotopic (exact) mass is 458 g/mol. The van der Waals surface area contributed by atoms with E-state index < -0.39 is 15.9 Å². The zero-order valence-corrected chi connectivity index (χ0v) is 17.9. The fourth-order valence-corrected chi connectivity index (χ4v) is 5.00. The Morgan fingerprint density at radius 2 is 1.81 bits per heavy atom. The number of benzene rings is 2. The number of halogens is 2. The lowest BCUT2D eigenvalue weighted by molar-refractivity contribution is 0.102. The highest BCUT2D eigenvalue weighted by Crippen LogP contribution is 2.26. The summed E-state index contributed by atoms with van der Waals surface area (Å²) >= 11 is 9.40. The van der Waals surface area contributed by atoms with Crippen LogP contribution >= 0.6 is 27.5 Å². The lowest BCUT2D eigenvalue weighted by Crippen LogP contribution is -2.31. The summed E-state index contributed by atoms with van der Waals surface area (Å²) in [6, 6.07) is 9.77. The molecule has 0 aromatic heterocycles. The number of hydrogen-bond acceptors (Lipinski definition) is 3. The Morgan fingerprint density at radius 3 is 2.38 bits per heavy atom. The van der Waals surface area contributed by atoms with Crippen LogP contribution in [0.2, 0.25) is 5.02 Å². The van der Waals surface area contributed by atoms with Gasteiger partial charge in [-0.15, -0.1) is 0 Å². The molecule has 0 saturated heterocycles. The van der Waals surface area contributed by atoms with E-state index in [4.69, 9.17) is 11.6 Å². The van der Waals surface area contributed by atoms with Crippen molar-refractivity contribution in [1.29, 1.82) is 0 Å². The highest BCUT2D eigenvalue weighted by atomic mass is 79.9. The van der Waals surface area contributed by atoms with Crippen LogP contribution < -0.4 is 5.32 Å². The maximum atomic E-state index is 12.8. The third-order valence-electron chi connectivity index (χ3n) is 3.95. The molecule has 1 N–H and O–H groups in total. The first kappa shape index (κ1) is 20.9. The standard InChI is InChI=1S/C18H20BrClN2O3S/c1-4-22(5-2)26(24,25)17-11-14(8-6-12(17)3)21-18(23)15-9-7-13(19)10-16(15)20/h6-11H,4-5H2,1-3H3,(H,21,23). The van der Waals surface area contributed by atoms with Gasteiger partial charge in [-0.3, -0.25) is 4.79 Å². The fraction of sp³-hybridized carbons (Fsp3) is 0.278. The zero-order valence-electron chi connectivity index (χ0n) is 14.7. The molecule has 1 amide bonds. The van der Waals surface area contributed by atoms with Gasteiger partial charge in [0, 0.05) is 23.2 Å². The molecule has 0 saturated carbocycles. The largest absolute Gasteiger partial charge is 0.322 e. The van der Waals surface area contributed by atoms with E-state index in [1.54, 1.807) is 51.1 Å². The average molecular weight is 460 g/mol. The van der Waals surface area contributed by atoms with Gasteiger partial charge in [-0.2, -0.15) is 4.31 Å². The maximum absolute atomic E-state index is 12.8. The Morgan fingerprint density at radius 1 is 1.15 bits per heavy atom. The smallest absolute Gasteiger partial charge is 0.257 e. The lowest BCUT2D eigenvalue weighted by atomic mass is 10.2. The van der Waals surface area contributed by atoms with E-state index in [0.29, 0.717) is 34.9 Å². The summed E-state index contributed by atoms with van der Waals surface area (Å²) in [5, 5.41) is 3.02. The molecule has 0 spiro atoms. The van der Waals surface area contributed by atoms with Crippen LogP contribution in [0, 0.1) is 6.92 Å². The SMILES string of the molecule is CCN(CC)S(=O)(=O)c1cc(NC(=O)c2ccc(Br)cc2Cl)ccc1C. The van der Waals surface area contributed by atoms with Crippen molar-refractivity contribution in [3.63, 3.8) is 0 Å². The van der Waals surface area contributed by atoms with Crippen molar-refractivity contribution >= 4 is 49.1 Å². The van der Waals surface area contributed by atoms with E-state index in [2.05, 4.69) is 21.2 Å². The summed E-state index contributed by atoms with van der Waals surface area (Å²) in [5.74, 6) is -0.405. The second kappa shape index (κ2) is 8.52. The predicted molar refractivity (Wildman–Crippen MR) is 108 cm³/mol. The van der Waals surface area contributed by atoms with Crippen LogP contribution in [0.5, 0.6) is 0 Å². The van der Waals surface area contributed by atoms with Crippen molar-refractivity contribution in [2.75, 3.05) is 18.4 Å². The zero-order chi connectivity index (χ0) is 19.5. The molecule has 2 aromatic rings. The fourth-order valence-electron chi connectivity index (χ4n) is 2.53. The summed E-state index contributed by atoms with van der Waals surface area (Å²) < 4.78 is 27.8. The molecular weight excluding hydrogens is 440 g/mol. The van der Waals surface area contributed by atoms with Crippen molar-refractivity contribution < 1.29 is 13.2 Å². The first-order chi connectivity index (χ1) is 12.2. The lowest BCUT2D eigenvalue weighted by Gasteiger charge is -2.20. The second-order valence-electron chi connectivity index (χ2n) is 5.65. The minimum Gasteiger partial charge on any atom is -0.322 e. The molecule has 0 aliphatic heterocycles. The van der Waals surface area contributed by atoms with Gasteiger partial charge >= 0.3 is 0 Å². The third kappa shape index (κ3) is 4.46. The second-order valence-corrected chi connectivity index (χ2v) is 8.88. The van der Waals surface area contributed by atoms with Gasteiger partial charge in [0.1, 0.15) is 0 Å². The number of anilines is 1. The van der Waals surface area contributed by atoms with Gasteiger partial charge in [-0.1, -0.05) is 47.4 Å². The molecule has 0 radical (unpaired) electrons. The maximum Gasteiger partial charge on any atom is 0.257 e. The van der Waals surface area contributed by atoms with E-state index in [1.807, 2.05) is 0 Å². The number of nitrogens with zero attached hydrogens (tertiary/aromatic N) is 1. The highest BCUT2D eigenvalue weighted by Gasteiger charge is 2.24. The van der Waals surface area contributed by atoms with E-state index >= 15 is 0 Å². The van der Waals surface area contributed by atoms with E-state index in [-0.39, 0.29) is 4.90 Å². The number of hydrogen-bond donors (Lipinski definition) is 1. The molecule has 0 bridgehead atoms. The first-order valence-electron chi connectivity index (χ1n) is 8.07. The Bertz CT molecular complexity index is 928. The van der Waals surface area contributed by atoms with Crippen LogP contribution in [0.3, 0.4) is 0 Å². The quantitative estimate of drug-likeness (QED) is 0.681. The van der Waals surface area contributed by atoms with Crippen LogP contribution in [-0.2, 0) is 10.0 Å². The van der Waals surface area contributed by atoms with Crippen LogP contribution in [0.15, 0.2) is 45.8 Å². The predicted octanol–water partition coefficient (Wildman–Crippen LogP) is 4.69. The molecule has 8 heteroatoms. The Balaban J connectivity index is 2.36. The molecule has 5 nitrogen and oxygen atoms in total. The summed E-state index contributed by atoms with van der Waals surface area (Å²) in [4.78, 5) is 12.6. The molecule has 0 atom stereocenters. The van der Waals surface area contributed by atoms with E-state index in [1.165, 1.54) is 10.4 Å². The van der Waals surface area contributed by atoms with Crippen molar-refractivity contribution in [3.8, 4) is 0 Å². The van der Waals surface area contributed by atoms with Gasteiger partial charge in [-0.05, 0) is 42.8 Å². The number of rotatable bonds is 6. The number of nitrogens with one attached hydrogen (secondary N) is 1. The van der Waals surface area contributed by atoms with Gasteiger partial charge in [-0.25, -0.2) is 8.42 Å². The van der Waals surface area contributed by atoms with Gasteiger partial charge in [0.2, 0.25) is 10.0 Å². The molecule has 26 heavy (non-hydrogen) atoms. The summed E-state index contributed by atoms with van der Waals surface area (Å²) in [7, 11) is -3.62. The molecule has 140 valence electrons. The van der Waals surface area contributed by atoms with Crippen LogP contribution in [-0.4, -0.2) is 31.7 Å². The molecule has 0 aliphatic carbocycles. The number of aryl methyl sites for hydroxylation is 1. The topological polar surface area (TPSA) is 66.5 Å². The highest BCUT2D eigenvalue weighted by molar-refractivity contribution is 9.10. The van der Waals surface area contributed by atoms with E-state index in [9.17, 15) is 13.2 Å². The van der Waals surface area contributed by atoms with Gasteiger partial charge in [0.05, 0.1) is 15.5 Å². The number of amides is 1. The Hall–Kier alpha value is -1.41. The molecule has 0 aliphatic rings. The van der Waals surface area contributed by atoms with Crippen molar-refractivity contribution in [2.24, 2.45) is 0 Å². The third-order valence-corrected chi connectivity index (χ3v) is 6.94. The van der Waals surface area contributed by atoms with Gasteiger partial charge < -0.3 is 5.32 Å². The average Bonchev–Trinajstić information content (AvgIpc) is 2.57. The Kier molecular flexibility index (Phi) is 6.85. The van der Waals surface area contributed by atoms with Crippen molar-refractivity contribution in [1.82, 2.24) is 4.31 Å². The van der Waals surface area contributed by atoms with Crippen LogP contribution in [0.1, 0.15) is 29.8 Å². The van der Waals surface area contributed by atoms with Crippen molar-refractivity contribution in [3.05, 3.63) is 57.0 Å². The summed E-state index contributed by atoms with van der Waals surface area (Å²) in [5.41, 5.74) is 1.32. The molecule has 2 rings (SSSR count). The van der Waals surface area contributed by atoms with Crippen LogP contribution in [0.4, 0.5) is 5.69 Å². The Labute approximate surface area is 167 Å². The van der Waals surface area contributed by atoms with Gasteiger partial charge in [0.25, 0.3) is 5.91 Å². The van der Waals surface area contributed by atoms with Crippen molar-refractivity contribution in [2.45, 2.75) is 25.7 Å². The summed E-state index contributed by atoms with van der Waals surface area (Å²) in [6.45, 7) is 6.06. The first-order valence-corrected chi connectivity index (χ1v) is 10.7. The molecular formula is C18H20BrClN2O3S. The minimum atomic E-state index is -3.62.